The zero-order valence-corrected chi connectivity index (χ0v) is 19.1. The molecular formula is C26H27NO6. The number of ether oxygens (including phenoxy) is 2. The summed E-state index contributed by atoms with van der Waals surface area (Å²) in [5.74, 6) is -0.268. The summed E-state index contributed by atoms with van der Waals surface area (Å²) in [5, 5.41) is 0.852. The number of hydrogen-bond acceptors (Lipinski definition) is 6. The van der Waals surface area contributed by atoms with E-state index in [0.717, 1.165) is 22.1 Å². The minimum Gasteiger partial charge on any atom is -0.489 e. The summed E-state index contributed by atoms with van der Waals surface area (Å²) in [7, 11) is 0. The lowest BCUT2D eigenvalue weighted by Gasteiger charge is -2.20. The predicted octanol–water partition coefficient (Wildman–Crippen LogP) is 4.26. The minimum absolute atomic E-state index is 0.264. The first-order valence-corrected chi connectivity index (χ1v) is 10.6. The van der Waals surface area contributed by atoms with Crippen LogP contribution in [0.2, 0.25) is 0 Å². The molecule has 0 unspecified atom stereocenters. The zero-order valence-electron chi connectivity index (χ0n) is 19.1. The van der Waals surface area contributed by atoms with E-state index >= 15 is 0 Å². The van der Waals surface area contributed by atoms with Gasteiger partial charge in [0.25, 0.3) is 5.91 Å². The Morgan fingerprint density at radius 1 is 1.09 bits per heavy atom. The molecule has 0 saturated heterocycles. The number of carbonyl (C=O) groups excluding carboxylic acids is 2. The number of nitrogens with zero attached hydrogens (tertiary/aromatic N) is 1. The normalized spacial score (nSPS) is 10.6. The zero-order chi connectivity index (χ0) is 24.0. The van der Waals surface area contributed by atoms with E-state index in [2.05, 4.69) is 6.58 Å². The first-order chi connectivity index (χ1) is 15.8. The van der Waals surface area contributed by atoms with E-state index in [0.29, 0.717) is 30.0 Å². The fraction of sp³-hybridized carbons (Fsp3) is 0.269. The van der Waals surface area contributed by atoms with Gasteiger partial charge in [-0.1, -0.05) is 24.3 Å². The first-order valence-electron chi connectivity index (χ1n) is 10.6. The second-order valence-electron chi connectivity index (χ2n) is 7.83. The van der Waals surface area contributed by atoms with Gasteiger partial charge < -0.3 is 18.8 Å². The van der Waals surface area contributed by atoms with Crippen LogP contribution in [0.4, 0.5) is 0 Å². The largest absolute Gasteiger partial charge is 0.489 e. The number of likely N-dealkylation sites (N-methyl/N-ethyl adjacent to an activating group) is 1. The fourth-order valence-electron chi connectivity index (χ4n) is 3.30. The summed E-state index contributed by atoms with van der Waals surface area (Å²) < 4.78 is 16.2. The van der Waals surface area contributed by atoms with E-state index < -0.39 is 11.6 Å². The Morgan fingerprint density at radius 2 is 1.82 bits per heavy atom. The third kappa shape index (κ3) is 6.32. The van der Waals surface area contributed by atoms with E-state index in [1.807, 2.05) is 32.9 Å². The lowest BCUT2D eigenvalue weighted by molar-refractivity contribution is -0.133. The Hall–Kier alpha value is -3.87. The molecule has 0 radical (unpaired) electrons. The first kappa shape index (κ1) is 23.8. The van der Waals surface area contributed by atoms with Gasteiger partial charge in [-0.3, -0.25) is 4.79 Å². The second kappa shape index (κ2) is 10.6. The smallest absolute Gasteiger partial charge is 0.338 e. The van der Waals surface area contributed by atoms with Crippen LogP contribution in [0.15, 0.2) is 69.9 Å². The van der Waals surface area contributed by atoms with Gasteiger partial charge in [0.1, 0.15) is 17.9 Å². The molecule has 0 spiro atoms. The highest BCUT2D eigenvalue weighted by atomic mass is 16.5. The Balaban J connectivity index is 1.56. The topological polar surface area (TPSA) is 86.0 Å². The van der Waals surface area contributed by atoms with Gasteiger partial charge in [0, 0.05) is 30.6 Å². The van der Waals surface area contributed by atoms with E-state index in [9.17, 15) is 14.4 Å². The van der Waals surface area contributed by atoms with Crippen molar-refractivity contribution < 1.29 is 23.5 Å². The molecule has 1 amide bonds. The van der Waals surface area contributed by atoms with Crippen molar-refractivity contribution in [3.05, 3.63) is 87.8 Å². The van der Waals surface area contributed by atoms with Gasteiger partial charge >= 0.3 is 11.6 Å². The molecule has 7 heteroatoms. The summed E-state index contributed by atoms with van der Waals surface area (Å²) in [6.07, 6.45) is 0. The molecule has 33 heavy (non-hydrogen) atoms. The molecular weight excluding hydrogens is 422 g/mol. The van der Waals surface area contributed by atoms with E-state index in [1.165, 1.54) is 6.07 Å². The van der Waals surface area contributed by atoms with Crippen molar-refractivity contribution in [3.63, 3.8) is 0 Å². The van der Waals surface area contributed by atoms with Gasteiger partial charge in [0.15, 0.2) is 6.61 Å². The molecule has 0 atom stereocenters. The minimum atomic E-state index is -0.567. The van der Waals surface area contributed by atoms with Crippen LogP contribution in [0.25, 0.3) is 11.0 Å². The third-order valence-corrected chi connectivity index (χ3v) is 5.04. The van der Waals surface area contributed by atoms with E-state index in [4.69, 9.17) is 13.9 Å². The molecule has 0 aliphatic rings. The number of benzene rings is 2. The van der Waals surface area contributed by atoms with Crippen molar-refractivity contribution in [2.45, 2.75) is 27.4 Å². The van der Waals surface area contributed by atoms with Gasteiger partial charge in [0.2, 0.25) is 0 Å². The van der Waals surface area contributed by atoms with E-state index in [1.54, 1.807) is 35.2 Å². The second-order valence-corrected chi connectivity index (χ2v) is 7.83. The van der Waals surface area contributed by atoms with Crippen LogP contribution < -0.4 is 10.4 Å². The van der Waals surface area contributed by atoms with Crippen molar-refractivity contribution in [2.75, 3.05) is 19.7 Å². The highest BCUT2D eigenvalue weighted by Gasteiger charge is 2.15. The maximum Gasteiger partial charge on any atom is 0.338 e. The molecule has 3 rings (SSSR count). The van der Waals surface area contributed by atoms with Gasteiger partial charge in [-0.25, -0.2) is 9.59 Å². The van der Waals surface area contributed by atoms with Crippen LogP contribution in [0.3, 0.4) is 0 Å². The SMILES string of the molecule is C=C(C)CN(CC)C(=O)COC(=O)c1ccc(COc2ccc3c(C)cc(=O)oc3c2)cc1. The average molecular weight is 450 g/mol. The molecule has 0 fully saturated rings. The molecule has 0 saturated carbocycles. The molecule has 0 N–H and O–H groups in total. The van der Waals surface area contributed by atoms with Crippen molar-refractivity contribution >= 4 is 22.8 Å². The third-order valence-electron chi connectivity index (χ3n) is 5.04. The lowest BCUT2D eigenvalue weighted by atomic mass is 10.1. The highest BCUT2D eigenvalue weighted by molar-refractivity contribution is 5.91. The van der Waals surface area contributed by atoms with Crippen LogP contribution >= 0.6 is 0 Å². The number of rotatable bonds is 9. The Bertz CT molecular complexity index is 1230. The summed E-state index contributed by atoms with van der Waals surface area (Å²) >= 11 is 0. The lowest BCUT2D eigenvalue weighted by Crippen LogP contribution is -2.35. The Morgan fingerprint density at radius 3 is 2.48 bits per heavy atom. The van der Waals surface area contributed by atoms with Crippen LogP contribution in [-0.2, 0) is 16.1 Å². The monoisotopic (exact) mass is 449 g/mol. The Kier molecular flexibility index (Phi) is 7.66. The number of esters is 1. The quantitative estimate of drug-likeness (QED) is 0.276. The van der Waals surface area contributed by atoms with Crippen LogP contribution in [0.5, 0.6) is 5.75 Å². The van der Waals surface area contributed by atoms with E-state index in [-0.39, 0.29) is 19.1 Å². The van der Waals surface area contributed by atoms with Crippen molar-refractivity contribution in [1.82, 2.24) is 4.90 Å². The number of fused-ring (bicyclic) bond motifs is 1. The van der Waals surface area contributed by atoms with Gasteiger partial charge in [-0.05, 0) is 56.2 Å². The molecule has 0 bridgehead atoms. The molecule has 1 aromatic heterocycles. The molecule has 2 aromatic carbocycles. The van der Waals surface area contributed by atoms with Crippen LogP contribution in [0, 0.1) is 6.92 Å². The van der Waals surface area contributed by atoms with Crippen LogP contribution in [-0.4, -0.2) is 36.5 Å². The number of aryl methyl sites for hydroxylation is 1. The van der Waals surface area contributed by atoms with Crippen molar-refractivity contribution in [3.8, 4) is 5.75 Å². The number of hydrogen-bond donors (Lipinski definition) is 0. The Labute approximate surface area is 192 Å². The predicted molar refractivity (Wildman–Crippen MR) is 125 cm³/mol. The van der Waals surface area contributed by atoms with Crippen LogP contribution in [0.1, 0.15) is 35.3 Å². The summed E-state index contributed by atoms with van der Waals surface area (Å²) in [6.45, 7) is 10.3. The summed E-state index contributed by atoms with van der Waals surface area (Å²) in [4.78, 5) is 37.6. The maximum absolute atomic E-state index is 12.3. The van der Waals surface area contributed by atoms with Crippen molar-refractivity contribution in [2.24, 2.45) is 0 Å². The van der Waals surface area contributed by atoms with Gasteiger partial charge in [-0.15, -0.1) is 0 Å². The average Bonchev–Trinajstić information content (AvgIpc) is 2.79. The molecule has 7 nitrogen and oxygen atoms in total. The maximum atomic E-state index is 12.3. The standard InChI is InChI=1S/C26H27NO6/c1-5-27(14-17(2)3)24(28)16-32-26(30)20-8-6-19(7-9-20)15-31-21-10-11-22-18(4)12-25(29)33-23(22)13-21/h6-13H,2,5,14-16H2,1,3-4H3. The molecule has 0 aliphatic carbocycles. The number of amides is 1. The van der Waals surface area contributed by atoms with Gasteiger partial charge in [-0.2, -0.15) is 0 Å². The molecule has 1 heterocycles. The summed E-state index contributed by atoms with van der Waals surface area (Å²) in [6, 6.07) is 13.5. The molecule has 172 valence electrons. The fourth-order valence-corrected chi connectivity index (χ4v) is 3.30. The van der Waals surface area contributed by atoms with Gasteiger partial charge in [0.05, 0.1) is 5.56 Å². The molecule has 3 aromatic rings. The summed E-state index contributed by atoms with van der Waals surface area (Å²) in [5.41, 5.74) is 2.95. The molecule has 0 aliphatic heterocycles. The number of carbonyl (C=O) groups is 2. The van der Waals surface area contributed by atoms with Crippen molar-refractivity contribution in [1.29, 1.82) is 0 Å². The highest BCUT2D eigenvalue weighted by Crippen LogP contribution is 2.23.